The summed E-state index contributed by atoms with van der Waals surface area (Å²) < 4.78 is 1.72. The van der Waals surface area contributed by atoms with Crippen LogP contribution in [-0.2, 0) is 20.9 Å². The molecule has 0 saturated heterocycles. The molecule has 0 aliphatic rings. The first-order valence-corrected chi connectivity index (χ1v) is 10.7. The van der Waals surface area contributed by atoms with Gasteiger partial charge in [-0.05, 0) is 43.5 Å². The van der Waals surface area contributed by atoms with E-state index in [1.165, 1.54) is 0 Å². The summed E-state index contributed by atoms with van der Waals surface area (Å²) in [5.74, 6) is -0.477. The molecule has 1 aromatic carbocycles. The van der Waals surface area contributed by atoms with Crippen LogP contribution in [-0.4, -0.2) is 23.3 Å². The van der Waals surface area contributed by atoms with Crippen molar-refractivity contribution in [2.75, 3.05) is 5.32 Å². The summed E-state index contributed by atoms with van der Waals surface area (Å²) in [4.78, 5) is 37.2. The van der Waals surface area contributed by atoms with Gasteiger partial charge in [0.15, 0.2) is 12.4 Å². The highest BCUT2D eigenvalue weighted by atomic mass is 16.2. The molecule has 2 aromatic rings. The van der Waals surface area contributed by atoms with Gasteiger partial charge in [0.25, 0.3) is 0 Å². The van der Waals surface area contributed by atoms with Gasteiger partial charge >= 0.3 is 5.91 Å². The number of carbonyl (C=O) groups is 3. The number of benzene rings is 1. The summed E-state index contributed by atoms with van der Waals surface area (Å²) >= 11 is 0. The highest BCUT2D eigenvalue weighted by Gasteiger charge is 2.23. The molecule has 0 saturated carbocycles. The maximum Gasteiger partial charge on any atom is 0.305 e. The fraction of sp³-hybridized carbons (Fsp3) is 0.400. The van der Waals surface area contributed by atoms with Gasteiger partial charge in [-0.25, -0.2) is 5.43 Å². The van der Waals surface area contributed by atoms with Crippen molar-refractivity contribution < 1.29 is 19.0 Å². The number of hydrazone groups is 1. The van der Waals surface area contributed by atoms with Gasteiger partial charge in [0.2, 0.25) is 12.5 Å². The minimum absolute atomic E-state index is 0.00231. The summed E-state index contributed by atoms with van der Waals surface area (Å²) in [6.45, 7) is 9.63. The van der Waals surface area contributed by atoms with Crippen molar-refractivity contribution in [3.63, 3.8) is 0 Å². The first kappa shape index (κ1) is 24.9. The third kappa shape index (κ3) is 8.41. The Bertz CT molecular complexity index is 992. The zero-order valence-electron chi connectivity index (χ0n) is 19.6. The van der Waals surface area contributed by atoms with E-state index in [2.05, 4.69) is 15.8 Å². The lowest BCUT2D eigenvalue weighted by molar-refractivity contribution is -0.684. The van der Waals surface area contributed by atoms with Gasteiger partial charge in [-0.1, -0.05) is 32.9 Å². The van der Waals surface area contributed by atoms with Crippen LogP contribution in [0.2, 0.25) is 0 Å². The van der Waals surface area contributed by atoms with Gasteiger partial charge in [-0.2, -0.15) is 9.67 Å². The van der Waals surface area contributed by atoms with E-state index in [4.69, 9.17) is 0 Å². The predicted molar refractivity (Wildman–Crippen MR) is 125 cm³/mol. The van der Waals surface area contributed by atoms with Crippen molar-refractivity contribution in [1.82, 2.24) is 5.43 Å². The predicted octanol–water partition coefficient (Wildman–Crippen LogP) is 3.49. The third-order valence-electron chi connectivity index (χ3n) is 5.07. The lowest BCUT2D eigenvalue weighted by Gasteiger charge is -2.17. The summed E-state index contributed by atoms with van der Waals surface area (Å²) in [5.41, 5.74) is 5.45. The lowest BCUT2D eigenvalue weighted by Crippen LogP contribution is -2.41. The zero-order chi connectivity index (χ0) is 23.7. The van der Waals surface area contributed by atoms with E-state index in [0.717, 1.165) is 16.8 Å². The number of pyridine rings is 1. The van der Waals surface area contributed by atoms with Crippen LogP contribution in [0.5, 0.6) is 0 Å². The number of aromatic nitrogens is 1. The Labute approximate surface area is 189 Å². The van der Waals surface area contributed by atoms with Crippen LogP contribution in [0, 0.1) is 19.3 Å². The summed E-state index contributed by atoms with van der Waals surface area (Å²) in [6.07, 6.45) is 4.08. The Morgan fingerprint density at radius 3 is 2.25 bits per heavy atom. The number of hydrogen-bond acceptors (Lipinski definition) is 4. The van der Waals surface area contributed by atoms with E-state index in [1.807, 2.05) is 71.0 Å². The second kappa shape index (κ2) is 11.3. The van der Waals surface area contributed by atoms with Gasteiger partial charge in [0, 0.05) is 41.8 Å². The van der Waals surface area contributed by atoms with Crippen molar-refractivity contribution in [2.24, 2.45) is 10.5 Å². The Kier molecular flexibility index (Phi) is 8.81. The summed E-state index contributed by atoms with van der Waals surface area (Å²) in [6, 6.07) is 11.3. The number of nitrogens with zero attached hydrogens (tertiary/aromatic N) is 2. The topological polar surface area (TPSA) is 91.5 Å². The molecule has 32 heavy (non-hydrogen) atoms. The van der Waals surface area contributed by atoms with Crippen molar-refractivity contribution in [3.05, 3.63) is 59.9 Å². The minimum atomic E-state index is -0.535. The van der Waals surface area contributed by atoms with Gasteiger partial charge in [0.05, 0.1) is 0 Å². The van der Waals surface area contributed by atoms with Gasteiger partial charge < -0.3 is 5.32 Å². The van der Waals surface area contributed by atoms with Crippen LogP contribution in [0.15, 0.2) is 53.9 Å². The average molecular weight is 438 g/mol. The molecule has 1 aromatic heterocycles. The molecular weight excluding hydrogens is 404 g/mol. The number of aryl methyl sites for hydroxylation is 2. The van der Waals surface area contributed by atoms with E-state index >= 15 is 0 Å². The van der Waals surface area contributed by atoms with Crippen LogP contribution in [0.1, 0.15) is 51.2 Å². The number of carbonyl (C=O) groups excluding carboxylic acids is 3. The van der Waals surface area contributed by atoms with Crippen LogP contribution in [0.3, 0.4) is 0 Å². The summed E-state index contributed by atoms with van der Waals surface area (Å²) in [7, 11) is 0. The molecule has 0 aliphatic heterocycles. The molecule has 0 bridgehead atoms. The van der Waals surface area contributed by atoms with Crippen LogP contribution in [0.25, 0.3) is 0 Å². The number of hydrogen-bond donors (Lipinski definition) is 2. The maximum absolute atomic E-state index is 12.5. The molecule has 1 heterocycles. The second-order valence-corrected chi connectivity index (χ2v) is 8.96. The molecule has 0 fully saturated rings. The van der Waals surface area contributed by atoms with Crippen molar-refractivity contribution in [1.29, 1.82) is 0 Å². The first-order chi connectivity index (χ1) is 15.0. The molecule has 2 rings (SSSR count). The maximum atomic E-state index is 12.5. The van der Waals surface area contributed by atoms with E-state index in [1.54, 1.807) is 17.0 Å². The largest absolute Gasteiger partial charge is 0.326 e. The number of anilines is 1. The second-order valence-electron chi connectivity index (χ2n) is 8.96. The standard InChI is InChI=1S/C25H32N4O3/c1-18-9-10-20(15-19(18)2)26-23(31)12-11-21(16-22(30)25(3,4)5)27-28-24(32)17-29-13-7-6-8-14-29/h6-10,13-15H,11-12,16-17H2,1-5H3,(H-,26,28,31,32)/p+1/b27-21+. The summed E-state index contributed by atoms with van der Waals surface area (Å²) in [5, 5.41) is 7.06. The smallest absolute Gasteiger partial charge is 0.305 e. The van der Waals surface area contributed by atoms with E-state index < -0.39 is 5.41 Å². The van der Waals surface area contributed by atoms with Gasteiger partial charge in [-0.3, -0.25) is 14.4 Å². The van der Waals surface area contributed by atoms with Crippen LogP contribution < -0.4 is 15.3 Å². The molecule has 7 nitrogen and oxygen atoms in total. The molecule has 2 amide bonds. The highest BCUT2D eigenvalue weighted by molar-refractivity contribution is 6.05. The monoisotopic (exact) mass is 437 g/mol. The van der Waals surface area contributed by atoms with Crippen molar-refractivity contribution >= 4 is 29.0 Å². The fourth-order valence-electron chi connectivity index (χ4n) is 2.82. The molecule has 170 valence electrons. The fourth-order valence-corrected chi connectivity index (χ4v) is 2.82. The Balaban J connectivity index is 2.00. The molecule has 7 heteroatoms. The van der Waals surface area contributed by atoms with E-state index in [-0.39, 0.29) is 43.4 Å². The van der Waals surface area contributed by atoms with Crippen LogP contribution >= 0.6 is 0 Å². The highest BCUT2D eigenvalue weighted by Crippen LogP contribution is 2.18. The third-order valence-corrected chi connectivity index (χ3v) is 5.07. The molecule has 2 N–H and O–H groups in total. The Morgan fingerprint density at radius 2 is 1.62 bits per heavy atom. The number of rotatable bonds is 9. The van der Waals surface area contributed by atoms with E-state index in [9.17, 15) is 14.4 Å². The first-order valence-electron chi connectivity index (χ1n) is 10.7. The van der Waals surface area contributed by atoms with E-state index in [0.29, 0.717) is 5.71 Å². The Morgan fingerprint density at radius 1 is 0.938 bits per heavy atom. The Hall–Kier alpha value is -3.35. The molecule has 0 radical (unpaired) electrons. The molecule has 0 aliphatic carbocycles. The number of Topliss-reactive ketones (excluding diaryl/α,β-unsaturated/α-hetero) is 1. The molecule has 0 unspecified atom stereocenters. The number of ketones is 1. The quantitative estimate of drug-likeness (QED) is 0.357. The van der Waals surface area contributed by atoms with Crippen LogP contribution in [0.4, 0.5) is 5.69 Å². The number of nitrogens with one attached hydrogen (secondary N) is 2. The molecule has 0 atom stereocenters. The SMILES string of the molecule is Cc1ccc(NC(=O)CC/C(CC(=O)C(C)(C)C)=N\NC(=O)C[n+]2ccccc2)cc1C. The van der Waals surface area contributed by atoms with Crippen molar-refractivity contribution in [2.45, 2.75) is 60.4 Å². The molecular formula is C25H33N4O3+. The van der Waals surface area contributed by atoms with Gasteiger partial charge in [-0.15, -0.1) is 0 Å². The van der Waals surface area contributed by atoms with Gasteiger partial charge in [0.1, 0.15) is 5.78 Å². The zero-order valence-corrected chi connectivity index (χ0v) is 19.6. The van der Waals surface area contributed by atoms with Crippen molar-refractivity contribution in [3.8, 4) is 0 Å². The minimum Gasteiger partial charge on any atom is -0.326 e. The molecule has 0 spiro atoms. The average Bonchev–Trinajstić information content (AvgIpc) is 2.72. The number of amides is 2. The lowest BCUT2D eigenvalue weighted by atomic mass is 9.87. The normalized spacial score (nSPS) is 11.7.